The Kier molecular flexibility index (Phi) is 2.35. The molecule has 1 aliphatic carbocycles. The molecule has 1 saturated carbocycles. The molecule has 1 heterocycles. The van der Waals surface area contributed by atoms with Gasteiger partial charge in [0.1, 0.15) is 0 Å². The highest BCUT2D eigenvalue weighted by atomic mass is 15.4. The Morgan fingerprint density at radius 3 is 2.94 bits per heavy atom. The van der Waals surface area contributed by atoms with Crippen LogP contribution in [0.1, 0.15) is 35.6 Å². The van der Waals surface area contributed by atoms with Crippen LogP contribution >= 0.6 is 0 Å². The number of anilines is 1. The lowest BCUT2D eigenvalue weighted by Crippen LogP contribution is -2.06. The molecular weight excluding hydrogens is 212 g/mol. The van der Waals surface area contributed by atoms with Gasteiger partial charge in [-0.25, -0.2) is 4.68 Å². The van der Waals surface area contributed by atoms with E-state index >= 15 is 0 Å². The highest BCUT2D eigenvalue weighted by molar-refractivity contribution is 5.38. The molecule has 0 bridgehead atoms. The highest BCUT2D eigenvalue weighted by Gasteiger charge is 2.30. The van der Waals surface area contributed by atoms with E-state index in [1.54, 1.807) is 0 Å². The van der Waals surface area contributed by atoms with Gasteiger partial charge in [-0.2, -0.15) is 0 Å². The number of aromatic nitrogens is 3. The molecule has 0 saturated heterocycles. The van der Waals surface area contributed by atoms with Crippen molar-refractivity contribution in [2.45, 2.75) is 32.2 Å². The molecule has 0 spiro atoms. The Hall–Kier alpha value is -1.84. The summed E-state index contributed by atoms with van der Waals surface area (Å²) in [5, 5.41) is 8.13. The first-order chi connectivity index (χ1) is 8.24. The summed E-state index contributed by atoms with van der Waals surface area (Å²) in [6.45, 7) is 2.86. The molecule has 0 amide bonds. The van der Waals surface area contributed by atoms with Crippen LogP contribution in [-0.2, 0) is 6.54 Å². The third-order valence-electron chi connectivity index (χ3n) is 3.18. The second-order valence-electron chi connectivity index (χ2n) is 4.78. The molecule has 1 fully saturated rings. The number of aryl methyl sites for hydroxylation is 1. The third-order valence-corrected chi connectivity index (χ3v) is 3.18. The topological polar surface area (TPSA) is 56.7 Å². The van der Waals surface area contributed by atoms with Crippen LogP contribution < -0.4 is 5.73 Å². The number of rotatable bonds is 3. The van der Waals surface area contributed by atoms with Gasteiger partial charge in [-0.3, -0.25) is 0 Å². The number of hydrogen-bond acceptors (Lipinski definition) is 3. The Labute approximate surface area is 100 Å². The summed E-state index contributed by atoms with van der Waals surface area (Å²) in [5.74, 6) is 1.18. The molecule has 1 aromatic heterocycles. The lowest BCUT2D eigenvalue weighted by molar-refractivity contribution is 0.619. The monoisotopic (exact) mass is 228 g/mol. The van der Waals surface area contributed by atoms with Crippen molar-refractivity contribution in [1.29, 1.82) is 0 Å². The van der Waals surface area contributed by atoms with Crippen molar-refractivity contribution < 1.29 is 0 Å². The molecule has 3 rings (SSSR count). The van der Waals surface area contributed by atoms with Crippen molar-refractivity contribution in [3.8, 4) is 0 Å². The predicted molar refractivity (Wildman–Crippen MR) is 66.7 cm³/mol. The first kappa shape index (κ1) is 10.3. The van der Waals surface area contributed by atoms with Gasteiger partial charge in [0.15, 0.2) is 5.82 Å². The molecule has 17 heavy (non-hydrogen) atoms. The zero-order chi connectivity index (χ0) is 11.8. The van der Waals surface area contributed by atoms with Gasteiger partial charge in [0.2, 0.25) is 0 Å². The average molecular weight is 228 g/mol. The minimum atomic E-state index is 0.579. The zero-order valence-corrected chi connectivity index (χ0v) is 9.93. The quantitative estimate of drug-likeness (QED) is 0.875. The van der Waals surface area contributed by atoms with Gasteiger partial charge >= 0.3 is 0 Å². The molecule has 0 unspecified atom stereocenters. The Bertz CT molecular complexity index is 540. The van der Waals surface area contributed by atoms with Gasteiger partial charge < -0.3 is 5.73 Å². The van der Waals surface area contributed by atoms with Crippen molar-refractivity contribution in [3.63, 3.8) is 0 Å². The maximum Gasteiger partial charge on any atom is 0.169 e. The second kappa shape index (κ2) is 3.87. The third kappa shape index (κ3) is 2.02. The van der Waals surface area contributed by atoms with E-state index in [1.807, 2.05) is 4.68 Å². The summed E-state index contributed by atoms with van der Waals surface area (Å²) < 4.78 is 1.95. The lowest BCUT2D eigenvalue weighted by Gasteiger charge is -2.06. The van der Waals surface area contributed by atoms with Crippen molar-refractivity contribution in [3.05, 3.63) is 41.1 Å². The van der Waals surface area contributed by atoms with Crippen molar-refractivity contribution in [2.75, 3.05) is 5.73 Å². The largest absolute Gasteiger partial charge is 0.381 e. The number of nitrogens with two attached hydrogens (primary N) is 1. The summed E-state index contributed by atoms with van der Waals surface area (Å²) in [6.07, 6.45) is 2.43. The summed E-state index contributed by atoms with van der Waals surface area (Å²) in [4.78, 5) is 0. The van der Waals surface area contributed by atoms with Crippen LogP contribution in [0.2, 0.25) is 0 Å². The molecule has 1 aliphatic rings. The second-order valence-corrected chi connectivity index (χ2v) is 4.78. The van der Waals surface area contributed by atoms with Crippen LogP contribution in [0.3, 0.4) is 0 Å². The number of hydrogen-bond donors (Lipinski definition) is 1. The summed E-state index contributed by atoms with van der Waals surface area (Å²) in [6, 6.07) is 8.46. The molecular formula is C13H16N4. The van der Waals surface area contributed by atoms with Gasteiger partial charge in [-0.1, -0.05) is 35.0 Å². The van der Waals surface area contributed by atoms with Gasteiger partial charge in [0.05, 0.1) is 12.2 Å². The first-order valence-electron chi connectivity index (χ1n) is 5.98. The van der Waals surface area contributed by atoms with E-state index in [-0.39, 0.29) is 0 Å². The Morgan fingerprint density at radius 2 is 2.24 bits per heavy atom. The van der Waals surface area contributed by atoms with E-state index < -0.39 is 0 Å². The van der Waals surface area contributed by atoms with Crippen LogP contribution in [0.4, 0.5) is 5.82 Å². The Balaban J connectivity index is 1.90. The maximum absolute atomic E-state index is 5.87. The molecule has 2 N–H and O–H groups in total. The molecule has 2 aromatic rings. The highest BCUT2D eigenvalue weighted by Crippen LogP contribution is 2.42. The van der Waals surface area contributed by atoms with Crippen molar-refractivity contribution in [2.24, 2.45) is 0 Å². The van der Waals surface area contributed by atoms with Crippen LogP contribution in [0.15, 0.2) is 24.3 Å². The van der Waals surface area contributed by atoms with E-state index in [0.29, 0.717) is 11.7 Å². The van der Waals surface area contributed by atoms with Gasteiger partial charge in [-0.05, 0) is 25.3 Å². The molecule has 88 valence electrons. The van der Waals surface area contributed by atoms with E-state index in [0.717, 1.165) is 12.2 Å². The zero-order valence-electron chi connectivity index (χ0n) is 9.93. The van der Waals surface area contributed by atoms with E-state index in [1.165, 1.54) is 24.0 Å². The van der Waals surface area contributed by atoms with Gasteiger partial charge in [0, 0.05) is 5.92 Å². The SMILES string of the molecule is Cc1cccc(Cn2nnc(N)c2C2CC2)c1. The maximum atomic E-state index is 5.87. The van der Waals surface area contributed by atoms with Crippen molar-refractivity contribution >= 4 is 5.82 Å². The summed E-state index contributed by atoms with van der Waals surface area (Å²) >= 11 is 0. The van der Waals surface area contributed by atoms with Crippen LogP contribution in [0.5, 0.6) is 0 Å². The average Bonchev–Trinajstić information content (AvgIpc) is 3.05. The van der Waals surface area contributed by atoms with Gasteiger partial charge in [0.25, 0.3) is 0 Å². The fourth-order valence-electron chi connectivity index (χ4n) is 2.21. The van der Waals surface area contributed by atoms with Crippen molar-refractivity contribution in [1.82, 2.24) is 15.0 Å². The predicted octanol–water partition coefficient (Wildman–Crippen LogP) is 2.09. The normalized spacial score (nSPS) is 15.1. The lowest BCUT2D eigenvalue weighted by atomic mass is 10.1. The minimum Gasteiger partial charge on any atom is -0.381 e. The molecule has 4 nitrogen and oxygen atoms in total. The van der Waals surface area contributed by atoms with E-state index in [4.69, 9.17) is 5.73 Å². The number of nitrogens with zero attached hydrogens (tertiary/aromatic N) is 3. The van der Waals surface area contributed by atoms with Gasteiger partial charge in [-0.15, -0.1) is 5.10 Å². The number of benzene rings is 1. The van der Waals surface area contributed by atoms with Crippen LogP contribution in [0.25, 0.3) is 0 Å². The molecule has 4 heteroatoms. The Morgan fingerprint density at radius 1 is 1.41 bits per heavy atom. The summed E-state index contributed by atoms with van der Waals surface area (Å²) in [7, 11) is 0. The van der Waals surface area contributed by atoms with Crippen LogP contribution in [-0.4, -0.2) is 15.0 Å². The van der Waals surface area contributed by atoms with E-state index in [9.17, 15) is 0 Å². The fraction of sp³-hybridized carbons (Fsp3) is 0.385. The molecule has 0 radical (unpaired) electrons. The summed E-state index contributed by atoms with van der Waals surface area (Å²) in [5.41, 5.74) is 9.50. The standard InChI is InChI=1S/C13H16N4/c1-9-3-2-4-10(7-9)8-17-12(11-5-6-11)13(14)15-16-17/h2-4,7,11H,5-6,8,14H2,1H3. The smallest absolute Gasteiger partial charge is 0.169 e. The fourth-order valence-corrected chi connectivity index (χ4v) is 2.21. The minimum absolute atomic E-state index is 0.579. The first-order valence-corrected chi connectivity index (χ1v) is 5.98. The molecule has 0 aliphatic heterocycles. The molecule has 0 atom stereocenters. The van der Waals surface area contributed by atoms with E-state index in [2.05, 4.69) is 41.5 Å². The number of nitrogen functional groups attached to an aromatic ring is 1. The molecule has 1 aromatic carbocycles. The van der Waals surface area contributed by atoms with Crippen LogP contribution in [0, 0.1) is 6.92 Å².